The lowest BCUT2D eigenvalue weighted by molar-refractivity contribution is -0.152. The number of alkyl halides is 3. The summed E-state index contributed by atoms with van der Waals surface area (Å²) < 4.78 is 44.5. The Morgan fingerprint density at radius 2 is 1.75 bits per heavy atom. The van der Waals surface area contributed by atoms with Gasteiger partial charge in [-0.15, -0.1) is 0 Å². The lowest BCUT2D eigenvalue weighted by atomic mass is 10.1. The molecule has 0 spiro atoms. The van der Waals surface area contributed by atoms with Crippen LogP contribution in [-0.2, 0) is 0 Å². The third kappa shape index (κ3) is 3.29. The second-order valence-electron chi connectivity index (χ2n) is 4.47. The van der Waals surface area contributed by atoms with E-state index in [1.165, 1.54) is 12.1 Å². The van der Waals surface area contributed by atoms with Crippen molar-refractivity contribution in [2.45, 2.75) is 26.1 Å². The van der Waals surface area contributed by atoms with Gasteiger partial charge in [-0.3, -0.25) is 4.99 Å². The zero-order valence-corrected chi connectivity index (χ0v) is 11.1. The molecule has 0 amide bonds. The minimum atomic E-state index is -4.49. The molecular formula is C15H14F3NO. The summed E-state index contributed by atoms with van der Waals surface area (Å²) in [6.45, 7) is 3.16. The maximum Gasteiger partial charge on any atom is 0.418 e. The summed E-state index contributed by atoms with van der Waals surface area (Å²) in [4.78, 5) is 3.80. The number of nitrogens with zero attached hydrogens (tertiary/aromatic N) is 1. The van der Waals surface area contributed by atoms with Crippen LogP contribution in [0, 0.1) is 6.92 Å². The highest BCUT2D eigenvalue weighted by molar-refractivity contribution is 5.98. The van der Waals surface area contributed by atoms with Crippen LogP contribution in [0.25, 0.3) is 0 Å². The maximum absolute atomic E-state index is 13.1. The molecule has 0 aliphatic carbocycles. The van der Waals surface area contributed by atoms with Gasteiger partial charge in [0.25, 0.3) is 0 Å². The first-order chi connectivity index (χ1) is 9.38. The van der Waals surface area contributed by atoms with Crippen molar-refractivity contribution in [2.24, 2.45) is 4.99 Å². The van der Waals surface area contributed by atoms with Gasteiger partial charge in [0, 0.05) is 5.71 Å². The SMILES string of the molecule is CC(=N[C@@H](c1ccc(C)o1)C(F)(F)F)c1ccccc1. The predicted octanol–water partition coefficient (Wildman–Crippen LogP) is 4.70. The van der Waals surface area contributed by atoms with Crippen LogP contribution in [0.2, 0.25) is 0 Å². The topological polar surface area (TPSA) is 25.5 Å². The average Bonchev–Trinajstić information content (AvgIpc) is 2.81. The molecule has 1 aromatic heterocycles. The van der Waals surface area contributed by atoms with Crippen molar-refractivity contribution in [1.29, 1.82) is 0 Å². The molecule has 20 heavy (non-hydrogen) atoms. The molecule has 0 saturated carbocycles. The molecule has 1 aromatic carbocycles. The van der Waals surface area contributed by atoms with Crippen LogP contribution in [0.4, 0.5) is 13.2 Å². The molecule has 0 saturated heterocycles. The Hall–Kier alpha value is -2.04. The standard InChI is InChI=1S/C15H14F3NO/c1-10-8-9-13(20-10)14(15(16,17)18)19-11(2)12-6-4-3-5-7-12/h3-9,14H,1-2H3/t14-/m0/s1. The number of aryl methyl sites for hydroxylation is 1. The van der Waals surface area contributed by atoms with Crippen LogP contribution in [-0.4, -0.2) is 11.9 Å². The van der Waals surface area contributed by atoms with E-state index in [0.717, 1.165) is 0 Å². The van der Waals surface area contributed by atoms with Crippen LogP contribution in [0.15, 0.2) is 51.9 Å². The molecule has 0 aliphatic rings. The summed E-state index contributed by atoms with van der Waals surface area (Å²) in [6, 6.07) is 9.60. The van der Waals surface area contributed by atoms with Crippen LogP contribution < -0.4 is 0 Å². The monoisotopic (exact) mass is 281 g/mol. The van der Waals surface area contributed by atoms with Gasteiger partial charge in [0.2, 0.25) is 6.04 Å². The predicted molar refractivity (Wildman–Crippen MR) is 70.9 cm³/mol. The number of halogens is 3. The third-order valence-corrected chi connectivity index (χ3v) is 2.86. The molecule has 5 heteroatoms. The molecular weight excluding hydrogens is 267 g/mol. The van der Waals surface area contributed by atoms with E-state index in [4.69, 9.17) is 4.42 Å². The molecule has 2 rings (SSSR count). The first kappa shape index (κ1) is 14.4. The van der Waals surface area contributed by atoms with E-state index in [9.17, 15) is 13.2 Å². The summed E-state index contributed by atoms with van der Waals surface area (Å²) >= 11 is 0. The van der Waals surface area contributed by atoms with Gasteiger partial charge in [-0.2, -0.15) is 13.2 Å². The number of furan rings is 1. The highest BCUT2D eigenvalue weighted by atomic mass is 19.4. The van der Waals surface area contributed by atoms with Gasteiger partial charge < -0.3 is 4.42 Å². The molecule has 2 aromatic rings. The Bertz CT molecular complexity index is 599. The van der Waals surface area contributed by atoms with E-state index in [2.05, 4.69) is 4.99 Å². The third-order valence-electron chi connectivity index (χ3n) is 2.86. The normalized spacial score (nSPS) is 14.3. The minimum Gasteiger partial charge on any atom is -0.464 e. The van der Waals surface area contributed by atoms with Gasteiger partial charge in [-0.25, -0.2) is 0 Å². The Balaban J connectivity index is 2.39. The fourth-order valence-electron chi connectivity index (χ4n) is 1.85. The van der Waals surface area contributed by atoms with Crippen LogP contribution in [0.1, 0.15) is 30.0 Å². The Morgan fingerprint density at radius 3 is 2.25 bits per heavy atom. The first-order valence-electron chi connectivity index (χ1n) is 6.11. The van der Waals surface area contributed by atoms with Crippen molar-refractivity contribution in [3.8, 4) is 0 Å². The van der Waals surface area contributed by atoms with Crippen molar-refractivity contribution >= 4 is 5.71 Å². The van der Waals surface area contributed by atoms with Crippen molar-refractivity contribution in [3.05, 3.63) is 59.5 Å². The van der Waals surface area contributed by atoms with Crippen LogP contribution >= 0.6 is 0 Å². The summed E-state index contributed by atoms with van der Waals surface area (Å²) in [5.41, 5.74) is 0.979. The van der Waals surface area contributed by atoms with Crippen LogP contribution in [0.5, 0.6) is 0 Å². The summed E-state index contributed by atoms with van der Waals surface area (Å²) in [7, 11) is 0. The van der Waals surface area contributed by atoms with Crippen molar-refractivity contribution in [3.63, 3.8) is 0 Å². The maximum atomic E-state index is 13.1. The molecule has 0 N–H and O–H groups in total. The summed E-state index contributed by atoms with van der Waals surface area (Å²) in [5.74, 6) is 0.243. The van der Waals surface area contributed by atoms with Gasteiger partial charge in [0.1, 0.15) is 11.5 Å². The lowest BCUT2D eigenvalue weighted by Crippen LogP contribution is -2.20. The number of hydrogen-bond acceptors (Lipinski definition) is 2. The molecule has 0 radical (unpaired) electrons. The quantitative estimate of drug-likeness (QED) is 0.749. The van der Waals surface area contributed by atoms with Crippen molar-refractivity contribution < 1.29 is 17.6 Å². The largest absolute Gasteiger partial charge is 0.464 e. The van der Waals surface area contributed by atoms with Crippen molar-refractivity contribution in [2.75, 3.05) is 0 Å². The van der Waals surface area contributed by atoms with E-state index in [1.54, 1.807) is 44.2 Å². The highest BCUT2D eigenvalue weighted by Crippen LogP contribution is 2.37. The van der Waals surface area contributed by atoms with E-state index < -0.39 is 12.2 Å². The van der Waals surface area contributed by atoms with Gasteiger partial charge in [-0.05, 0) is 31.5 Å². The molecule has 106 valence electrons. The lowest BCUT2D eigenvalue weighted by Gasteiger charge is -2.15. The highest BCUT2D eigenvalue weighted by Gasteiger charge is 2.43. The summed E-state index contributed by atoms with van der Waals surface area (Å²) in [5, 5.41) is 0. The smallest absolute Gasteiger partial charge is 0.418 e. The average molecular weight is 281 g/mol. The molecule has 2 nitrogen and oxygen atoms in total. The van der Waals surface area contributed by atoms with Gasteiger partial charge in [0.15, 0.2) is 0 Å². The second kappa shape index (κ2) is 5.53. The number of hydrogen-bond donors (Lipinski definition) is 0. The zero-order chi connectivity index (χ0) is 14.8. The Kier molecular flexibility index (Phi) is 3.97. The number of aliphatic imine (C=N–C) groups is 1. The molecule has 0 unspecified atom stereocenters. The van der Waals surface area contributed by atoms with Crippen LogP contribution in [0.3, 0.4) is 0 Å². The first-order valence-corrected chi connectivity index (χ1v) is 6.11. The zero-order valence-electron chi connectivity index (χ0n) is 11.1. The minimum absolute atomic E-state index is 0.190. The van der Waals surface area contributed by atoms with E-state index in [0.29, 0.717) is 17.0 Å². The van der Waals surface area contributed by atoms with Gasteiger partial charge >= 0.3 is 6.18 Å². The van der Waals surface area contributed by atoms with Crippen molar-refractivity contribution in [1.82, 2.24) is 0 Å². The number of rotatable bonds is 3. The summed E-state index contributed by atoms with van der Waals surface area (Å²) in [6.07, 6.45) is -4.49. The van der Waals surface area contributed by atoms with E-state index >= 15 is 0 Å². The Morgan fingerprint density at radius 1 is 1.10 bits per heavy atom. The molecule has 0 fully saturated rings. The van der Waals surface area contributed by atoms with Gasteiger partial charge in [-0.1, -0.05) is 30.3 Å². The van der Waals surface area contributed by atoms with E-state index in [-0.39, 0.29) is 5.76 Å². The molecule has 1 atom stereocenters. The van der Waals surface area contributed by atoms with Gasteiger partial charge in [0.05, 0.1) is 0 Å². The fourth-order valence-corrected chi connectivity index (χ4v) is 1.85. The fraction of sp³-hybridized carbons (Fsp3) is 0.267. The second-order valence-corrected chi connectivity index (χ2v) is 4.47. The Labute approximate surface area is 114 Å². The van der Waals surface area contributed by atoms with E-state index in [1.807, 2.05) is 0 Å². The molecule has 0 bridgehead atoms. The number of benzene rings is 1. The molecule has 1 heterocycles. The molecule has 0 aliphatic heterocycles.